The van der Waals surface area contributed by atoms with Crippen LogP contribution in [0.4, 0.5) is 0 Å². The summed E-state index contributed by atoms with van der Waals surface area (Å²) in [4.78, 5) is 29.6. The molecule has 2 amide bonds. The molecule has 0 saturated carbocycles. The van der Waals surface area contributed by atoms with Crippen molar-refractivity contribution >= 4 is 11.8 Å². The second-order valence-corrected chi connectivity index (χ2v) is 8.85. The third-order valence-corrected chi connectivity index (χ3v) is 6.98. The van der Waals surface area contributed by atoms with Crippen molar-refractivity contribution in [3.05, 3.63) is 29.3 Å². The van der Waals surface area contributed by atoms with Crippen LogP contribution >= 0.6 is 0 Å². The quantitative estimate of drug-likeness (QED) is 0.780. The molecule has 4 rings (SSSR count). The van der Waals surface area contributed by atoms with Crippen LogP contribution in [-0.2, 0) is 9.53 Å². The molecule has 3 aliphatic heterocycles. The minimum Gasteiger partial charge on any atom is -0.496 e. The van der Waals surface area contributed by atoms with Crippen LogP contribution in [0.25, 0.3) is 0 Å². The SMILES string of the molecule is COc1cccc(C)c1C(=O)N1CCC2(CCC(=O)N(CC3CCCO3)C2)CC1. The molecule has 1 aromatic rings. The number of ether oxygens (including phenoxy) is 2. The molecule has 1 spiro atoms. The summed E-state index contributed by atoms with van der Waals surface area (Å²) < 4.78 is 11.2. The first-order chi connectivity index (χ1) is 14.0. The van der Waals surface area contributed by atoms with E-state index in [0.717, 1.165) is 70.5 Å². The molecule has 158 valence electrons. The molecule has 0 aliphatic carbocycles. The highest BCUT2D eigenvalue weighted by atomic mass is 16.5. The Bertz CT molecular complexity index is 764. The van der Waals surface area contributed by atoms with Gasteiger partial charge < -0.3 is 19.3 Å². The van der Waals surface area contributed by atoms with Crippen LogP contribution < -0.4 is 4.74 Å². The van der Waals surface area contributed by atoms with Gasteiger partial charge in [-0.15, -0.1) is 0 Å². The fourth-order valence-corrected chi connectivity index (χ4v) is 5.14. The van der Waals surface area contributed by atoms with Crippen LogP contribution in [0.15, 0.2) is 18.2 Å². The van der Waals surface area contributed by atoms with Crippen LogP contribution in [0.3, 0.4) is 0 Å². The predicted octanol–water partition coefficient (Wildman–Crippen LogP) is 3.03. The second kappa shape index (κ2) is 8.34. The molecular formula is C23H32N2O4. The van der Waals surface area contributed by atoms with Gasteiger partial charge in [-0.1, -0.05) is 12.1 Å². The van der Waals surface area contributed by atoms with E-state index in [0.29, 0.717) is 17.7 Å². The molecule has 1 unspecified atom stereocenters. The van der Waals surface area contributed by atoms with Gasteiger partial charge >= 0.3 is 0 Å². The Morgan fingerprint density at radius 1 is 1.28 bits per heavy atom. The smallest absolute Gasteiger partial charge is 0.257 e. The van der Waals surface area contributed by atoms with Gasteiger partial charge in [0.1, 0.15) is 5.75 Å². The van der Waals surface area contributed by atoms with E-state index in [2.05, 4.69) is 0 Å². The molecule has 0 aromatic heterocycles. The molecule has 3 saturated heterocycles. The number of hydrogen-bond donors (Lipinski definition) is 0. The van der Waals surface area contributed by atoms with Gasteiger partial charge in [0, 0.05) is 39.2 Å². The summed E-state index contributed by atoms with van der Waals surface area (Å²) in [5.41, 5.74) is 1.75. The Morgan fingerprint density at radius 3 is 2.76 bits per heavy atom. The third-order valence-electron chi connectivity index (χ3n) is 6.98. The number of amides is 2. The van der Waals surface area contributed by atoms with E-state index in [1.165, 1.54) is 0 Å². The van der Waals surface area contributed by atoms with Crippen molar-refractivity contribution in [2.24, 2.45) is 5.41 Å². The third kappa shape index (κ3) is 4.13. The maximum Gasteiger partial charge on any atom is 0.257 e. The normalized spacial score (nSPS) is 24.2. The molecule has 0 bridgehead atoms. The zero-order chi connectivity index (χ0) is 20.4. The number of nitrogens with zero attached hydrogens (tertiary/aromatic N) is 2. The lowest BCUT2D eigenvalue weighted by molar-refractivity contribution is -0.141. The molecule has 6 nitrogen and oxygen atoms in total. The monoisotopic (exact) mass is 400 g/mol. The molecule has 0 radical (unpaired) electrons. The van der Waals surface area contributed by atoms with Crippen molar-refractivity contribution in [1.29, 1.82) is 0 Å². The lowest BCUT2D eigenvalue weighted by atomic mass is 9.72. The van der Waals surface area contributed by atoms with Gasteiger partial charge in [-0.25, -0.2) is 0 Å². The number of benzene rings is 1. The minimum atomic E-state index is 0.0536. The number of carbonyl (C=O) groups is 2. The van der Waals surface area contributed by atoms with E-state index in [-0.39, 0.29) is 23.3 Å². The standard InChI is InChI=1S/C23H32N2O4/c1-17-5-3-7-19(28-2)21(17)22(27)24-12-10-23(11-13-24)9-8-20(26)25(16-23)15-18-6-4-14-29-18/h3,5,7,18H,4,6,8-16H2,1-2H3. The van der Waals surface area contributed by atoms with Crippen LogP contribution in [0, 0.1) is 12.3 Å². The van der Waals surface area contributed by atoms with E-state index < -0.39 is 0 Å². The first kappa shape index (κ1) is 20.2. The number of rotatable bonds is 4. The number of carbonyl (C=O) groups excluding carboxylic acids is 2. The second-order valence-electron chi connectivity index (χ2n) is 8.85. The zero-order valence-electron chi connectivity index (χ0n) is 17.6. The number of piperidine rings is 2. The Morgan fingerprint density at radius 2 is 2.07 bits per heavy atom. The maximum absolute atomic E-state index is 13.2. The highest BCUT2D eigenvalue weighted by Crippen LogP contribution is 2.41. The molecule has 3 heterocycles. The van der Waals surface area contributed by atoms with Crippen LogP contribution in [-0.4, -0.2) is 67.6 Å². The van der Waals surface area contributed by atoms with E-state index in [1.54, 1.807) is 7.11 Å². The average molecular weight is 401 g/mol. The van der Waals surface area contributed by atoms with Gasteiger partial charge in [0.15, 0.2) is 0 Å². The Balaban J connectivity index is 1.41. The lowest BCUT2D eigenvalue weighted by Gasteiger charge is -2.47. The fraction of sp³-hybridized carbons (Fsp3) is 0.652. The average Bonchev–Trinajstić information content (AvgIpc) is 3.24. The summed E-state index contributed by atoms with van der Waals surface area (Å²) in [7, 11) is 1.61. The molecule has 0 N–H and O–H groups in total. The van der Waals surface area contributed by atoms with E-state index in [9.17, 15) is 9.59 Å². The van der Waals surface area contributed by atoms with Crippen LogP contribution in [0.2, 0.25) is 0 Å². The molecule has 1 aromatic carbocycles. The largest absolute Gasteiger partial charge is 0.496 e. The van der Waals surface area contributed by atoms with Gasteiger partial charge in [-0.05, 0) is 56.1 Å². The molecule has 6 heteroatoms. The van der Waals surface area contributed by atoms with Crippen molar-refractivity contribution < 1.29 is 19.1 Å². The van der Waals surface area contributed by atoms with E-state index in [4.69, 9.17) is 9.47 Å². The Labute approximate surface area is 173 Å². The minimum absolute atomic E-state index is 0.0536. The van der Waals surface area contributed by atoms with Gasteiger partial charge in [0.2, 0.25) is 5.91 Å². The number of likely N-dealkylation sites (tertiary alicyclic amines) is 2. The summed E-state index contributed by atoms with van der Waals surface area (Å²) in [6.07, 6.45) is 5.79. The van der Waals surface area contributed by atoms with E-state index >= 15 is 0 Å². The number of aryl methyl sites for hydroxylation is 1. The van der Waals surface area contributed by atoms with Crippen molar-refractivity contribution in [1.82, 2.24) is 9.80 Å². The molecular weight excluding hydrogens is 368 g/mol. The highest BCUT2D eigenvalue weighted by Gasteiger charge is 2.42. The van der Waals surface area contributed by atoms with Crippen LogP contribution in [0.1, 0.15) is 54.4 Å². The van der Waals surface area contributed by atoms with Gasteiger partial charge in [0.25, 0.3) is 5.91 Å². The molecule has 3 aliphatic rings. The summed E-state index contributed by atoms with van der Waals surface area (Å²) in [6.45, 7) is 5.77. The van der Waals surface area contributed by atoms with Crippen molar-refractivity contribution in [3.8, 4) is 5.75 Å². The Kier molecular flexibility index (Phi) is 5.81. The molecule has 3 fully saturated rings. The first-order valence-corrected chi connectivity index (χ1v) is 10.8. The van der Waals surface area contributed by atoms with Crippen LogP contribution in [0.5, 0.6) is 5.75 Å². The highest BCUT2D eigenvalue weighted by molar-refractivity contribution is 5.98. The van der Waals surface area contributed by atoms with Gasteiger partial charge in [0.05, 0.1) is 18.8 Å². The molecule has 1 atom stereocenters. The maximum atomic E-state index is 13.2. The predicted molar refractivity (Wildman–Crippen MR) is 110 cm³/mol. The fourth-order valence-electron chi connectivity index (χ4n) is 5.14. The van der Waals surface area contributed by atoms with Crippen molar-refractivity contribution in [2.45, 2.75) is 51.6 Å². The number of methoxy groups -OCH3 is 1. The number of hydrogen-bond acceptors (Lipinski definition) is 4. The van der Waals surface area contributed by atoms with Gasteiger partial charge in [-0.3, -0.25) is 9.59 Å². The summed E-state index contributed by atoms with van der Waals surface area (Å²) in [6, 6.07) is 5.72. The summed E-state index contributed by atoms with van der Waals surface area (Å²) >= 11 is 0. The topological polar surface area (TPSA) is 59.1 Å². The van der Waals surface area contributed by atoms with Crippen molar-refractivity contribution in [3.63, 3.8) is 0 Å². The summed E-state index contributed by atoms with van der Waals surface area (Å²) in [5.74, 6) is 0.952. The van der Waals surface area contributed by atoms with Crippen molar-refractivity contribution in [2.75, 3.05) is 39.9 Å². The Hall–Kier alpha value is -2.08. The molecule has 29 heavy (non-hydrogen) atoms. The lowest BCUT2D eigenvalue weighted by Crippen LogP contribution is -2.53. The summed E-state index contributed by atoms with van der Waals surface area (Å²) in [5, 5.41) is 0. The first-order valence-electron chi connectivity index (χ1n) is 10.8. The van der Waals surface area contributed by atoms with E-state index in [1.807, 2.05) is 34.9 Å². The van der Waals surface area contributed by atoms with Gasteiger partial charge in [-0.2, -0.15) is 0 Å². The zero-order valence-corrected chi connectivity index (χ0v) is 17.6.